The fourth-order valence-electron chi connectivity index (χ4n) is 2.10. The maximum atomic E-state index is 6.08. The van der Waals surface area contributed by atoms with Gasteiger partial charge in [-0.3, -0.25) is 0 Å². The lowest BCUT2D eigenvalue weighted by atomic mass is 9.94. The average Bonchev–Trinajstić information content (AvgIpc) is 2.29. The lowest BCUT2D eigenvalue weighted by Gasteiger charge is -2.20. The van der Waals surface area contributed by atoms with E-state index in [4.69, 9.17) is 23.2 Å². The fraction of sp³-hybridized carbons (Fsp3) is 0.462. The molecule has 1 aromatic heterocycles. The predicted molar refractivity (Wildman–Crippen MR) is 74.0 cm³/mol. The van der Waals surface area contributed by atoms with E-state index >= 15 is 0 Å². The van der Waals surface area contributed by atoms with E-state index in [9.17, 15) is 0 Å². The van der Waals surface area contributed by atoms with Crippen molar-refractivity contribution in [1.29, 1.82) is 0 Å². The lowest BCUT2D eigenvalue weighted by molar-refractivity contribution is 0.504. The zero-order chi connectivity index (χ0) is 12.3. The molecule has 0 amide bonds. The van der Waals surface area contributed by atoms with Gasteiger partial charge in [-0.15, -0.1) is 0 Å². The van der Waals surface area contributed by atoms with Gasteiger partial charge in [0.2, 0.25) is 0 Å². The van der Waals surface area contributed by atoms with E-state index in [0.29, 0.717) is 16.2 Å². The van der Waals surface area contributed by atoms with Crippen LogP contribution in [0, 0.1) is 12.8 Å². The Morgan fingerprint density at radius 1 is 1.41 bits per heavy atom. The molecule has 0 fully saturated rings. The van der Waals surface area contributed by atoms with Crippen molar-refractivity contribution in [2.45, 2.75) is 26.2 Å². The van der Waals surface area contributed by atoms with Crippen LogP contribution in [-0.2, 0) is 0 Å². The van der Waals surface area contributed by atoms with Gasteiger partial charge in [-0.1, -0.05) is 35.4 Å². The standard InChI is InChI=1S/C13H16Cl2N2/c1-9-7-11(14)17-13(15)12(9)16-8-10-5-3-2-4-6-10/h2-3,7,10,16H,4-6,8H2,1H3. The molecule has 0 bridgehead atoms. The van der Waals surface area contributed by atoms with Crippen LogP contribution in [0.15, 0.2) is 18.2 Å². The molecule has 0 saturated heterocycles. The van der Waals surface area contributed by atoms with E-state index in [1.54, 1.807) is 0 Å². The molecular weight excluding hydrogens is 255 g/mol. The first-order valence-electron chi connectivity index (χ1n) is 5.88. The summed E-state index contributed by atoms with van der Waals surface area (Å²) in [5.41, 5.74) is 1.95. The average molecular weight is 271 g/mol. The Labute approximate surface area is 112 Å². The molecular formula is C13H16Cl2N2. The molecule has 1 unspecified atom stereocenters. The van der Waals surface area contributed by atoms with Crippen LogP contribution in [0.25, 0.3) is 0 Å². The summed E-state index contributed by atoms with van der Waals surface area (Å²) in [6.45, 7) is 2.93. The number of nitrogens with one attached hydrogen (secondary N) is 1. The first-order chi connectivity index (χ1) is 8.16. The summed E-state index contributed by atoms with van der Waals surface area (Å²) < 4.78 is 0. The second-order valence-electron chi connectivity index (χ2n) is 4.46. The van der Waals surface area contributed by atoms with E-state index in [2.05, 4.69) is 22.5 Å². The number of allylic oxidation sites excluding steroid dienone is 2. The molecule has 2 nitrogen and oxygen atoms in total. The normalized spacial score (nSPS) is 19.4. The van der Waals surface area contributed by atoms with Crippen LogP contribution in [-0.4, -0.2) is 11.5 Å². The third-order valence-corrected chi connectivity index (χ3v) is 3.55. The molecule has 0 radical (unpaired) electrons. The molecule has 0 spiro atoms. The zero-order valence-corrected chi connectivity index (χ0v) is 11.4. The number of rotatable bonds is 3. The Morgan fingerprint density at radius 2 is 2.24 bits per heavy atom. The Hall–Kier alpha value is -0.730. The first-order valence-corrected chi connectivity index (χ1v) is 6.64. The van der Waals surface area contributed by atoms with E-state index in [-0.39, 0.29) is 0 Å². The molecule has 1 aliphatic rings. The van der Waals surface area contributed by atoms with Crippen molar-refractivity contribution in [3.8, 4) is 0 Å². The molecule has 0 aliphatic heterocycles. The summed E-state index contributed by atoms with van der Waals surface area (Å²) in [6.07, 6.45) is 8.06. The van der Waals surface area contributed by atoms with Gasteiger partial charge in [0.15, 0.2) is 5.15 Å². The summed E-state index contributed by atoms with van der Waals surface area (Å²) >= 11 is 11.9. The lowest BCUT2D eigenvalue weighted by Crippen LogP contribution is -2.16. The Balaban J connectivity index is 2.01. The van der Waals surface area contributed by atoms with Crippen LogP contribution in [0.3, 0.4) is 0 Å². The molecule has 1 aliphatic carbocycles. The summed E-state index contributed by atoms with van der Waals surface area (Å²) in [7, 11) is 0. The van der Waals surface area contributed by atoms with Gasteiger partial charge in [0.05, 0.1) is 5.69 Å². The third kappa shape index (κ3) is 3.36. The highest BCUT2D eigenvalue weighted by atomic mass is 35.5. The van der Waals surface area contributed by atoms with Crippen LogP contribution in [0.4, 0.5) is 5.69 Å². The summed E-state index contributed by atoms with van der Waals surface area (Å²) in [5, 5.41) is 4.29. The number of aromatic nitrogens is 1. The quantitative estimate of drug-likeness (QED) is 0.648. The molecule has 1 heterocycles. The molecule has 1 N–H and O–H groups in total. The highest BCUT2D eigenvalue weighted by Gasteiger charge is 2.12. The van der Waals surface area contributed by atoms with Crippen LogP contribution >= 0.6 is 23.2 Å². The Bertz CT molecular complexity index is 406. The second kappa shape index (κ2) is 5.74. The minimum atomic E-state index is 0.443. The largest absolute Gasteiger partial charge is 0.382 e. The highest BCUT2D eigenvalue weighted by molar-refractivity contribution is 6.34. The second-order valence-corrected chi connectivity index (χ2v) is 5.20. The molecule has 1 aromatic rings. The number of halogens is 2. The first kappa shape index (κ1) is 12.7. The predicted octanol–water partition coefficient (Wildman–Crippen LogP) is 4.47. The van der Waals surface area contributed by atoms with Crippen molar-refractivity contribution in [2.24, 2.45) is 5.92 Å². The summed E-state index contributed by atoms with van der Waals surface area (Å²) in [6, 6.07) is 1.83. The number of aryl methyl sites for hydroxylation is 1. The zero-order valence-electron chi connectivity index (χ0n) is 9.84. The highest BCUT2D eigenvalue weighted by Crippen LogP contribution is 2.27. The maximum Gasteiger partial charge on any atom is 0.154 e. The minimum absolute atomic E-state index is 0.443. The molecule has 17 heavy (non-hydrogen) atoms. The number of hydrogen-bond donors (Lipinski definition) is 1. The number of anilines is 1. The van der Waals surface area contributed by atoms with Crippen molar-refractivity contribution in [2.75, 3.05) is 11.9 Å². The van der Waals surface area contributed by atoms with Crippen molar-refractivity contribution in [1.82, 2.24) is 4.98 Å². The van der Waals surface area contributed by atoms with Gasteiger partial charge in [-0.05, 0) is 43.7 Å². The minimum Gasteiger partial charge on any atom is -0.382 e. The van der Waals surface area contributed by atoms with Crippen LogP contribution in [0.5, 0.6) is 0 Å². The van der Waals surface area contributed by atoms with Gasteiger partial charge in [-0.25, -0.2) is 4.98 Å². The molecule has 4 heteroatoms. The van der Waals surface area contributed by atoms with Gasteiger partial charge >= 0.3 is 0 Å². The van der Waals surface area contributed by atoms with Crippen LogP contribution in [0.1, 0.15) is 24.8 Å². The van der Waals surface area contributed by atoms with Gasteiger partial charge in [0.25, 0.3) is 0 Å². The van der Waals surface area contributed by atoms with Gasteiger partial charge < -0.3 is 5.32 Å². The van der Waals surface area contributed by atoms with Crippen LogP contribution in [0.2, 0.25) is 10.3 Å². The Morgan fingerprint density at radius 3 is 2.88 bits per heavy atom. The van der Waals surface area contributed by atoms with E-state index < -0.39 is 0 Å². The third-order valence-electron chi connectivity index (χ3n) is 3.09. The van der Waals surface area contributed by atoms with Crippen molar-refractivity contribution in [3.63, 3.8) is 0 Å². The van der Waals surface area contributed by atoms with Crippen LogP contribution < -0.4 is 5.32 Å². The Kier molecular flexibility index (Phi) is 4.30. The monoisotopic (exact) mass is 270 g/mol. The van der Waals surface area contributed by atoms with Gasteiger partial charge in [-0.2, -0.15) is 0 Å². The smallest absolute Gasteiger partial charge is 0.154 e. The van der Waals surface area contributed by atoms with E-state index in [1.165, 1.54) is 12.8 Å². The molecule has 2 rings (SSSR count). The SMILES string of the molecule is Cc1cc(Cl)nc(Cl)c1NCC1CC=CCC1. The molecule has 1 atom stereocenters. The van der Waals surface area contributed by atoms with Crippen molar-refractivity contribution < 1.29 is 0 Å². The van der Waals surface area contributed by atoms with Crippen molar-refractivity contribution in [3.05, 3.63) is 34.1 Å². The molecule has 92 valence electrons. The summed E-state index contributed by atoms with van der Waals surface area (Å²) in [4.78, 5) is 4.05. The number of pyridine rings is 1. The number of nitrogens with zero attached hydrogens (tertiary/aromatic N) is 1. The number of hydrogen-bond acceptors (Lipinski definition) is 2. The fourth-order valence-corrected chi connectivity index (χ4v) is 2.69. The topological polar surface area (TPSA) is 24.9 Å². The molecule has 0 saturated carbocycles. The van der Waals surface area contributed by atoms with E-state index in [0.717, 1.165) is 24.2 Å². The van der Waals surface area contributed by atoms with Gasteiger partial charge in [0, 0.05) is 6.54 Å². The van der Waals surface area contributed by atoms with Crippen molar-refractivity contribution >= 4 is 28.9 Å². The maximum absolute atomic E-state index is 6.08. The van der Waals surface area contributed by atoms with E-state index in [1.807, 2.05) is 13.0 Å². The van der Waals surface area contributed by atoms with Gasteiger partial charge in [0.1, 0.15) is 5.15 Å². The summed E-state index contributed by atoms with van der Waals surface area (Å²) in [5.74, 6) is 0.686. The molecule has 0 aromatic carbocycles.